The molecule has 0 aromatic heterocycles. The first-order valence-corrected chi connectivity index (χ1v) is 5.40. The van der Waals surface area contributed by atoms with Crippen molar-refractivity contribution in [1.29, 1.82) is 0 Å². The van der Waals surface area contributed by atoms with E-state index >= 15 is 0 Å². The van der Waals surface area contributed by atoms with E-state index < -0.39 is 5.82 Å². The fourth-order valence-electron chi connectivity index (χ4n) is 0.950. The zero-order valence-electron chi connectivity index (χ0n) is 8.06. The number of rotatable bonds is 3. The normalized spacial score (nSPS) is 11.6. The smallest absolute Gasteiger partial charge is 0.157 e. The standard InChI is InChI=1S/C10H10BrClFNO/c1-6(4-12)5-15-10-8(11)2-7(13)3-9(10)14/h2-4H,5,14H2,1H3. The van der Waals surface area contributed by atoms with Gasteiger partial charge in [-0.25, -0.2) is 4.39 Å². The van der Waals surface area contributed by atoms with Crippen molar-refractivity contribution in [3.63, 3.8) is 0 Å². The fourth-order valence-corrected chi connectivity index (χ4v) is 1.58. The maximum atomic E-state index is 12.9. The number of benzene rings is 1. The van der Waals surface area contributed by atoms with Crippen molar-refractivity contribution < 1.29 is 9.13 Å². The van der Waals surface area contributed by atoms with Gasteiger partial charge in [0.15, 0.2) is 5.75 Å². The largest absolute Gasteiger partial charge is 0.486 e. The van der Waals surface area contributed by atoms with Crippen LogP contribution in [0.15, 0.2) is 27.7 Å². The van der Waals surface area contributed by atoms with Crippen LogP contribution in [-0.4, -0.2) is 6.61 Å². The number of halogens is 3. The minimum Gasteiger partial charge on any atom is -0.486 e. The molecule has 82 valence electrons. The molecule has 15 heavy (non-hydrogen) atoms. The van der Waals surface area contributed by atoms with Crippen LogP contribution in [0, 0.1) is 5.82 Å². The summed E-state index contributed by atoms with van der Waals surface area (Å²) in [6, 6.07) is 2.51. The molecule has 5 heteroatoms. The van der Waals surface area contributed by atoms with Gasteiger partial charge >= 0.3 is 0 Å². The van der Waals surface area contributed by atoms with E-state index in [4.69, 9.17) is 22.1 Å². The first kappa shape index (κ1) is 12.3. The van der Waals surface area contributed by atoms with Crippen molar-refractivity contribution in [2.45, 2.75) is 6.92 Å². The van der Waals surface area contributed by atoms with Crippen LogP contribution in [0.1, 0.15) is 6.92 Å². The topological polar surface area (TPSA) is 35.2 Å². The summed E-state index contributed by atoms with van der Waals surface area (Å²) in [6.45, 7) is 2.14. The lowest BCUT2D eigenvalue weighted by Gasteiger charge is -2.10. The molecule has 0 amide bonds. The zero-order chi connectivity index (χ0) is 11.4. The van der Waals surface area contributed by atoms with Gasteiger partial charge in [0.1, 0.15) is 12.4 Å². The lowest BCUT2D eigenvalue weighted by atomic mass is 10.3. The molecule has 0 unspecified atom stereocenters. The van der Waals surface area contributed by atoms with Gasteiger partial charge in [-0.05, 0) is 34.5 Å². The SMILES string of the molecule is CC(=CCl)COc1c(N)cc(F)cc1Br. The van der Waals surface area contributed by atoms with Crippen LogP contribution in [0.3, 0.4) is 0 Å². The number of hydrogen-bond acceptors (Lipinski definition) is 2. The molecule has 0 heterocycles. The number of nitrogen functional groups attached to an aromatic ring is 1. The van der Waals surface area contributed by atoms with E-state index in [1.54, 1.807) is 0 Å². The van der Waals surface area contributed by atoms with E-state index in [0.29, 0.717) is 16.8 Å². The fraction of sp³-hybridized carbons (Fsp3) is 0.200. The molecule has 1 aromatic carbocycles. The molecule has 0 atom stereocenters. The summed E-state index contributed by atoms with van der Waals surface area (Å²) in [7, 11) is 0. The molecule has 0 fully saturated rings. The van der Waals surface area contributed by atoms with Crippen LogP contribution in [0.4, 0.5) is 10.1 Å². The third-order valence-electron chi connectivity index (χ3n) is 1.67. The second kappa shape index (κ2) is 5.37. The third kappa shape index (κ3) is 3.39. The van der Waals surface area contributed by atoms with Gasteiger partial charge < -0.3 is 10.5 Å². The summed E-state index contributed by atoms with van der Waals surface area (Å²) < 4.78 is 18.7. The monoisotopic (exact) mass is 293 g/mol. The Morgan fingerprint density at radius 3 is 2.87 bits per heavy atom. The summed E-state index contributed by atoms with van der Waals surface area (Å²) in [6.07, 6.45) is 0. The Bertz CT molecular complexity index is 372. The lowest BCUT2D eigenvalue weighted by Crippen LogP contribution is -2.02. The second-order valence-electron chi connectivity index (χ2n) is 3.05. The molecule has 1 rings (SSSR count). The molecule has 0 aliphatic heterocycles. The third-order valence-corrected chi connectivity index (χ3v) is 2.63. The average Bonchev–Trinajstić information content (AvgIpc) is 2.15. The van der Waals surface area contributed by atoms with Crippen molar-refractivity contribution in [2.75, 3.05) is 12.3 Å². The molecule has 0 aliphatic carbocycles. The molecule has 0 saturated carbocycles. The van der Waals surface area contributed by atoms with Crippen molar-refractivity contribution in [1.82, 2.24) is 0 Å². The molecule has 0 bridgehead atoms. The maximum absolute atomic E-state index is 12.9. The van der Waals surface area contributed by atoms with Crippen LogP contribution in [0.2, 0.25) is 0 Å². The molecule has 0 saturated heterocycles. The Balaban J connectivity index is 2.86. The van der Waals surface area contributed by atoms with Crippen molar-refractivity contribution in [2.24, 2.45) is 0 Å². The van der Waals surface area contributed by atoms with E-state index in [2.05, 4.69) is 15.9 Å². The van der Waals surface area contributed by atoms with E-state index in [1.165, 1.54) is 17.7 Å². The van der Waals surface area contributed by atoms with E-state index in [0.717, 1.165) is 5.57 Å². The Kier molecular flexibility index (Phi) is 4.42. The van der Waals surface area contributed by atoms with Gasteiger partial charge in [-0.2, -0.15) is 0 Å². The Morgan fingerprint density at radius 2 is 2.33 bits per heavy atom. The van der Waals surface area contributed by atoms with Crippen LogP contribution in [0.5, 0.6) is 5.75 Å². The van der Waals surface area contributed by atoms with Crippen LogP contribution in [0.25, 0.3) is 0 Å². The van der Waals surface area contributed by atoms with E-state index in [9.17, 15) is 4.39 Å². The summed E-state index contributed by atoms with van der Waals surface area (Å²) in [5, 5.41) is 0. The predicted octanol–water partition coefficient (Wildman–Crippen LogP) is 3.69. The van der Waals surface area contributed by atoms with E-state index in [1.807, 2.05) is 6.92 Å². The summed E-state index contributed by atoms with van der Waals surface area (Å²) >= 11 is 8.65. The highest BCUT2D eigenvalue weighted by Gasteiger charge is 2.08. The molecule has 1 aromatic rings. The highest BCUT2D eigenvalue weighted by atomic mass is 79.9. The zero-order valence-corrected chi connectivity index (χ0v) is 10.4. The molecule has 0 spiro atoms. The highest BCUT2D eigenvalue weighted by molar-refractivity contribution is 9.10. The molecule has 2 N–H and O–H groups in total. The maximum Gasteiger partial charge on any atom is 0.157 e. The van der Waals surface area contributed by atoms with Crippen LogP contribution >= 0.6 is 27.5 Å². The Morgan fingerprint density at radius 1 is 1.67 bits per heavy atom. The van der Waals surface area contributed by atoms with Gasteiger partial charge in [-0.15, -0.1) is 0 Å². The molecule has 0 aliphatic rings. The first-order chi connectivity index (χ1) is 7.04. The quantitative estimate of drug-likeness (QED) is 0.863. The van der Waals surface area contributed by atoms with Gasteiger partial charge in [0.05, 0.1) is 10.2 Å². The number of ether oxygens (including phenoxy) is 1. The lowest BCUT2D eigenvalue weighted by molar-refractivity contribution is 0.351. The van der Waals surface area contributed by atoms with E-state index in [-0.39, 0.29) is 5.69 Å². The molecule has 2 nitrogen and oxygen atoms in total. The van der Waals surface area contributed by atoms with Gasteiger partial charge in [-0.3, -0.25) is 0 Å². The summed E-state index contributed by atoms with van der Waals surface area (Å²) in [4.78, 5) is 0. The minimum atomic E-state index is -0.406. The first-order valence-electron chi connectivity index (χ1n) is 4.17. The van der Waals surface area contributed by atoms with Gasteiger partial charge in [0, 0.05) is 11.6 Å². The average molecular weight is 295 g/mol. The van der Waals surface area contributed by atoms with Crippen molar-refractivity contribution in [3.8, 4) is 5.75 Å². The predicted molar refractivity (Wildman–Crippen MR) is 63.6 cm³/mol. The van der Waals surface area contributed by atoms with Crippen molar-refractivity contribution in [3.05, 3.63) is 33.5 Å². The summed E-state index contributed by atoms with van der Waals surface area (Å²) in [5.41, 5.74) is 8.13. The second-order valence-corrected chi connectivity index (χ2v) is 4.12. The molecule has 0 radical (unpaired) electrons. The van der Waals surface area contributed by atoms with Crippen molar-refractivity contribution >= 4 is 33.2 Å². The van der Waals surface area contributed by atoms with Crippen LogP contribution in [-0.2, 0) is 0 Å². The number of hydrogen-bond donors (Lipinski definition) is 1. The molecular weight excluding hydrogens is 284 g/mol. The Hall–Kier alpha value is -0.740. The summed E-state index contributed by atoms with van der Waals surface area (Å²) in [5.74, 6) is 0.0191. The highest BCUT2D eigenvalue weighted by Crippen LogP contribution is 2.32. The number of anilines is 1. The van der Waals surface area contributed by atoms with Gasteiger partial charge in [0.2, 0.25) is 0 Å². The van der Waals surface area contributed by atoms with Gasteiger partial charge in [0.25, 0.3) is 0 Å². The Labute approximate surface area is 101 Å². The number of nitrogens with two attached hydrogens (primary N) is 1. The molecular formula is C10H10BrClFNO. The van der Waals surface area contributed by atoms with Crippen LogP contribution < -0.4 is 10.5 Å². The minimum absolute atomic E-state index is 0.254. The van der Waals surface area contributed by atoms with Gasteiger partial charge in [-0.1, -0.05) is 11.6 Å².